The average Bonchev–Trinajstić information content (AvgIpc) is 2.66. The van der Waals surface area contributed by atoms with Gasteiger partial charge in [0.1, 0.15) is 17.4 Å². The average molecular weight is 347 g/mol. The molecule has 0 heterocycles. The van der Waals surface area contributed by atoms with E-state index < -0.39 is 11.9 Å². The van der Waals surface area contributed by atoms with Crippen LogP contribution in [0.5, 0.6) is 5.75 Å². The van der Waals surface area contributed by atoms with E-state index in [4.69, 9.17) is 14.7 Å². The minimum absolute atomic E-state index is 0.126. The Morgan fingerprint density at radius 3 is 2.50 bits per heavy atom. The van der Waals surface area contributed by atoms with Crippen molar-refractivity contribution >= 4 is 24.1 Å². The van der Waals surface area contributed by atoms with E-state index in [1.807, 2.05) is 30.3 Å². The van der Waals surface area contributed by atoms with Gasteiger partial charge in [-0.3, -0.25) is 0 Å². The van der Waals surface area contributed by atoms with Crippen molar-refractivity contribution in [3.8, 4) is 11.8 Å². The van der Waals surface area contributed by atoms with Crippen LogP contribution >= 0.6 is 0 Å². The maximum atomic E-state index is 11.9. The van der Waals surface area contributed by atoms with Crippen LogP contribution in [0.3, 0.4) is 0 Å². The Bertz CT molecular complexity index is 876. The van der Waals surface area contributed by atoms with E-state index in [-0.39, 0.29) is 12.2 Å². The molecule has 5 heteroatoms. The lowest BCUT2D eigenvalue weighted by molar-refractivity contribution is -0.138. The number of carbonyl (C=O) groups is 2. The predicted molar refractivity (Wildman–Crippen MR) is 97.8 cm³/mol. The predicted octanol–water partition coefficient (Wildman–Crippen LogP) is 3.78. The molecule has 0 spiro atoms. The van der Waals surface area contributed by atoms with E-state index in [0.717, 1.165) is 5.56 Å². The molecule has 0 saturated carbocycles. The van der Waals surface area contributed by atoms with E-state index >= 15 is 0 Å². The topological polar surface area (TPSA) is 76.4 Å². The first-order valence-electron chi connectivity index (χ1n) is 7.96. The molecule has 0 bridgehead atoms. The fourth-order valence-corrected chi connectivity index (χ4v) is 2.06. The van der Waals surface area contributed by atoms with Gasteiger partial charge >= 0.3 is 11.9 Å². The molecule has 0 amide bonds. The van der Waals surface area contributed by atoms with Gasteiger partial charge in [0.05, 0.1) is 6.61 Å². The summed E-state index contributed by atoms with van der Waals surface area (Å²) in [6, 6.07) is 17.7. The molecule has 26 heavy (non-hydrogen) atoms. The lowest BCUT2D eigenvalue weighted by atomic mass is 10.1. The maximum absolute atomic E-state index is 11.9. The first kappa shape index (κ1) is 18.7. The van der Waals surface area contributed by atoms with Gasteiger partial charge < -0.3 is 9.47 Å². The Hall–Kier alpha value is -3.65. The third-order valence-electron chi connectivity index (χ3n) is 3.21. The van der Waals surface area contributed by atoms with Gasteiger partial charge in [-0.25, -0.2) is 9.59 Å². The van der Waals surface area contributed by atoms with E-state index in [0.29, 0.717) is 11.3 Å². The Balaban J connectivity index is 2.09. The molecular weight excluding hydrogens is 330 g/mol. The second-order valence-electron chi connectivity index (χ2n) is 5.13. The third-order valence-corrected chi connectivity index (χ3v) is 3.21. The normalized spacial score (nSPS) is 11.0. The molecule has 2 aromatic rings. The number of esters is 2. The van der Waals surface area contributed by atoms with Crippen LogP contribution < -0.4 is 4.74 Å². The number of hydrogen-bond donors (Lipinski definition) is 0. The molecule has 0 aliphatic rings. The Labute approximate surface area is 151 Å². The molecular formula is C21H17NO4. The van der Waals surface area contributed by atoms with Gasteiger partial charge in [0.2, 0.25) is 0 Å². The molecule has 2 aromatic carbocycles. The van der Waals surface area contributed by atoms with Crippen LogP contribution in [0.15, 0.2) is 66.2 Å². The molecule has 0 aliphatic heterocycles. The highest BCUT2D eigenvalue weighted by Gasteiger charge is 2.10. The zero-order chi connectivity index (χ0) is 18.8. The zero-order valence-electron chi connectivity index (χ0n) is 14.2. The van der Waals surface area contributed by atoms with E-state index in [2.05, 4.69) is 0 Å². The highest BCUT2D eigenvalue weighted by molar-refractivity contribution is 5.98. The quantitative estimate of drug-likeness (QED) is 0.344. The molecule has 0 saturated heterocycles. The number of rotatable bonds is 6. The molecule has 0 atom stereocenters. The van der Waals surface area contributed by atoms with E-state index in [9.17, 15) is 9.59 Å². The first-order chi connectivity index (χ1) is 12.6. The molecule has 0 aromatic heterocycles. The van der Waals surface area contributed by atoms with Crippen LogP contribution in [-0.2, 0) is 14.3 Å². The highest BCUT2D eigenvalue weighted by atomic mass is 16.5. The number of benzene rings is 2. The van der Waals surface area contributed by atoms with Crippen molar-refractivity contribution in [1.29, 1.82) is 5.26 Å². The number of hydrogen-bond acceptors (Lipinski definition) is 5. The van der Waals surface area contributed by atoms with Gasteiger partial charge in [0, 0.05) is 6.08 Å². The molecule has 2 rings (SSSR count). The third kappa shape index (κ3) is 5.77. The van der Waals surface area contributed by atoms with Crippen LogP contribution in [0.2, 0.25) is 0 Å². The maximum Gasteiger partial charge on any atom is 0.348 e. The number of nitrogens with zero attached hydrogens (tertiary/aromatic N) is 1. The van der Waals surface area contributed by atoms with Crippen molar-refractivity contribution in [2.45, 2.75) is 6.92 Å². The van der Waals surface area contributed by atoms with Crippen LogP contribution in [0.4, 0.5) is 0 Å². The monoisotopic (exact) mass is 347 g/mol. The van der Waals surface area contributed by atoms with Crippen molar-refractivity contribution in [2.24, 2.45) is 0 Å². The van der Waals surface area contributed by atoms with E-state index in [1.54, 1.807) is 43.3 Å². The van der Waals surface area contributed by atoms with Crippen molar-refractivity contribution in [3.05, 3.63) is 77.4 Å². The number of nitriles is 1. The molecule has 130 valence electrons. The summed E-state index contributed by atoms with van der Waals surface area (Å²) in [5, 5.41) is 9.06. The standard InChI is InChI=1S/C21H17NO4/c1-2-25-21(24)18(15-22)13-17-9-6-10-19(14-17)26-20(23)12-11-16-7-4-3-5-8-16/h3-14H,2H2,1H3/b12-11+,18-13+. The van der Waals surface area contributed by atoms with Gasteiger partial charge in [-0.1, -0.05) is 42.5 Å². The lowest BCUT2D eigenvalue weighted by Crippen LogP contribution is -2.06. The van der Waals surface area contributed by atoms with Gasteiger partial charge in [-0.2, -0.15) is 5.26 Å². The summed E-state index contributed by atoms with van der Waals surface area (Å²) in [6.45, 7) is 1.85. The Kier molecular flexibility index (Phi) is 6.90. The van der Waals surface area contributed by atoms with Crippen molar-refractivity contribution in [1.82, 2.24) is 0 Å². The lowest BCUT2D eigenvalue weighted by Gasteiger charge is -2.03. The van der Waals surface area contributed by atoms with Gasteiger partial charge in [-0.05, 0) is 42.3 Å². The molecule has 0 unspecified atom stereocenters. The Morgan fingerprint density at radius 2 is 1.81 bits per heavy atom. The summed E-state index contributed by atoms with van der Waals surface area (Å²) >= 11 is 0. The molecule has 0 fully saturated rings. The smallest absolute Gasteiger partial charge is 0.348 e. The fourth-order valence-electron chi connectivity index (χ4n) is 2.06. The van der Waals surface area contributed by atoms with Crippen LogP contribution in [-0.4, -0.2) is 18.5 Å². The summed E-state index contributed by atoms with van der Waals surface area (Å²) < 4.78 is 10.1. The molecule has 0 radical (unpaired) electrons. The minimum Gasteiger partial charge on any atom is -0.462 e. The molecule has 0 aliphatic carbocycles. The van der Waals surface area contributed by atoms with Crippen LogP contribution in [0, 0.1) is 11.3 Å². The zero-order valence-corrected chi connectivity index (χ0v) is 14.2. The second-order valence-corrected chi connectivity index (χ2v) is 5.13. The van der Waals surface area contributed by atoms with Crippen molar-refractivity contribution in [3.63, 3.8) is 0 Å². The Morgan fingerprint density at radius 1 is 1.08 bits per heavy atom. The van der Waals surface area contributed by atoms with Crippen molar-refractivity contribution < 1.29 is 19.1 Å². The van der Waals surface area contributed by atoms with Crippen molar-refractivity contribution in [2.75, 3.05) is 6.61 Å². The fraction of sp³-hybridized carbons (Fsp3) is 0.0952. The number of carbonyl (C=O) groups excluding carboxylic acids is 2. The SMILES string of the molecule is CCOC(=O)/C(C#N)=C/c1cccc(OC(=O)/C=C/c2ccccc2)c1. The largest absolute Gasteiger partial charge is 0.462 e. The summed E-state index contributed by atoms with van der Waals surface area (Å²) in [6.07, 6.45) is 4.37. The van der Waals surface area contributed by atoms with E-state index in [1.165, 1.54) is 12.2 Å². The van der Waals surface area contributed by atoms with Gasteiger partial charge in [-0.15, -0.1) is 0 Å². The molecule has 5 nitrogen and oxygen atoms in total. The first-order valence-corrected chi connectivity index (χ1v) is 7.96. The minimum atomic E-state index is -0.691. The summed E-state index contributed by atoms with van der Waals surface area (Å²) in [7, 11) is 0. The summed E-state index contributed by atoms with van der Waals surface area (Å²) in [5.74, 6) is -0.910. The van der Waals surface area contributed by atoms with Crippen LogP contribution in [0.1, 0.15) is 18.1 Å². The second kappa shape index (κ2) is 9.60. The molecule has 0 N–H and O–H groups in total. The number of ether oxygens (including phenoxy) is 2. The summed E-state index contributed by atoms with van der Waals surface area (Å²) in [4.78, 5) is 23.6. The van der Waals surface area contributed by atoms with Crippen LogP contribution in [0.25, 0.3) is 12.2 Å². The highest BCUT2D eigenvalue weighted by Crippen LogP contribution is 2.17. The summed E-state index contributed by atoms with van der Waals surface area (Å²) in [5.41, 5.74) is 1.31. The van der Waals surface area contributed by atoms with Gasteiger partial charge in [0.25, 0.3) is 0 Å². The van der Waals surface area contributed by atoms with Gasteiger partial charge in [0.15, 0.2) is 0 Å².